The third-order valence-corrected chi connectivity index (χ3v) is 11.6. The Morgan fingerprint density at radius 2 is 0.542 bits per heavy atom. The van der Waals surface area contributed by atoms with Gasteiger partial charge in [-0.25, -0.2) is 0 Å². The summed E-state index contributed by atoms with van der Waals surface area (Å²) in [4.78, 5) is 38.2. The van der Waals surface area contributed by atoms with Crippen molar-refractivity contribution in [2.24, 2.45) is 0 Å². The van der Waals surface area contributed by atoms with Crippen molar-refractivity contribution >= 4 is 17.9 Å². The van der Waals surface area contributed by atoms with E-state index >= 15 is 0 Å². The van der Waals surface area contributed by atoms with Crippen molar-refractivity contribution in [2.45, 2.75) is 239 Å². The molecule has 0 bridgehead atoms. The average molecular weight is 994 g/mol. The number of carbonyl (C=O) groups is 3. The zero-order valence-corrected chi connectivity index (χ0v) is 46.1. The lowest BCUT2D eigenvalue weighted by Crippen LogP contribution is -2.30. The van der Waals surface area contributed by atoms with Gasteiger partial charge in [0.25, 0.3) is 0 Å². The number of unbranched alkanes of at least 4 members (excludes halogenated alkanes) is 15. The largest absolute Gasteiger partial charge is 0.462 e. The summed E-state index contributed by atoms with van der Waals surface area (Å²) in [6, 6.07) is 0. The molecule has 404 valence electrons. The third-order valence-electron chi connectivity index (χ3n) is 11.6. The predicted octanol–water partition coefficient (Wildman–Crippen LogP) is 19.6. The monoisotopic (exact) mass is 993 g/mol. The maximum atomic E-state index is 12.9. The van der Waals surface area contributed by atoms with Gasteiger partial charge >= 0.3 is 17.9 Å². The standard InChI is InChI=1S/C66H104O6/c1-4-7-10-13-16-19-22-25-28-30-32-33-34-36-38-41-44-47-50-53-56-59-65(68)71-62-63(61-70-64(67)58-55-52-49-46-43-40-37-27-24-21-18-15-12-9-6-3)72-66(69)60-57-54-51-48-45-42-39-35-31-29-26-23-20-17-14-11-8-5-2/h7,9-10,12,16,18-21,23,25,27-29,31-33,36-38,43-44,46-47,63H,4-6,8,11,13-15,17,22,24,26,30,34-35,39-42,45,48-62H2,1-3H3/b10-7-,12-9-,19-16-,21-18-,23-20-,28-25-,31-29-,33-32-,37-27-,38-36-,46-43-,47-44-. The Kier molecular flexibility index (Phi) is 55.0. The Morgan fingerprint density at radius 1 is 0.292 bits per heavy atom. The zero-order chi connectivity index (χ0) is 52.2. The van der Waals surface area contributed by atoms with Crippen LogP contribution in [0.1, 0.15) is 233 Å². The Balaban J connectivity index is 4.56. The normalized spacial score (nSPS) is 13.2. The van der Waals surface area contributed by atoms with E-state index in [0.29, 0.717) is 25.7 Å². The van der Waals surface area contributed by atoms with E-state index in [9.17, 15) is 14.4 Å². The molecule has 0 radical (unpaired) electrons. The molecule has 0 rings (SSSR count). The highest BCUT2D eigenvalue weighted by Crippen LogP contribution is 2.13. The van der Waals surface area contributed by atoms with Crippen LogP contribution >= 0.6 is 0 Å². The van der Waals surface area contributed by atoms with E-state index in [1.54, 1.807) is 0 Å². The molecule has 72 heavy (non-hydrogen) atoms. The van der Waals surface area contributed by atoms with Gasteiger partial charge in [-0.05, 0) is 141 Å². The number of hydrogen-bond acceptors (Lipinski definition) is 6. The van der Waals surface area contributed by atoms with Crippen LogP contribution in [0.25, 0.3) is 0 Å². The van der Waals surface area contributed by atoms with Gasteiger partial charge in [0.15, 0.2) is 6.10 Å². The number of hydrogen-bond donors (Lipinski definition) is 0. The quantitative estimate of drug-likeness (QED) is 0.0261. The van der Waals surface area contributed by atoms with Crippen LogP contribution in [0.4, 0.5) is 0 Å². The first-order valence-electron chi connectivity index (χ1n) is 28.8. The molecule has 6 heteroatoms. The number of ether oxygens (including phenoxy) is 3. The van der Waals surface area contributed by atoms with E-state index in [1.807, 2.05) is 0 Å². The van der Waals surface area contributed by atoms with Crippen molar-refractivity contribution in [3.05, 3.63) is 146 Å². The molecule has 0 aliphatic carbocycles. The molecule has 6 nitrogen and oxygen atoms in total. The van der Waals surface area contributed by atoms with Gasteiger partial charge in [0, 0.05) is 19.3 Å². The molecule has 0 aromatic rings. The van der Waals surface area contributed by atoms with Gasteiger partial charge in [-0.3, -0.25) is 14.4 Å². The topological polar surface area (TPSA) is 78.9 Å². The Hall–Kier alpha value is -4.71. The predicted molar refractivity (Wildman–Crippen MR) is 311 cm³/mol. The lowest BCUT2D eigenvalue weighted by Gasteiger charge is -2.18. The molecule has 1 atom stereocenters. The first-order valence-corrected chi connectivity index (χ1v) is 28.8. The fraction of sp³-hybridized carbons (Fsp3) is 0.591. The molecule has 0 saturated carbocycles. The molecule has 0 spiro atoms. The minimum Gasteiger partial charge on any atom is -0.462 e. The number of esters is 3. The molecule has 0 fully saturated rings. The molecule has 0 amide bonds. The van der Waals surface area contributed by atoms with Gasteiger partial charge in [0.05, 0.1) is 0 Å². The summed E-state index contributed by atoms with van der Waals surface area (Å²) < 4.78 is 16.8. The highest BCUT2D eigenvalue weighted by molar-refractivity contribution is 5.71. The van der Waals surface area contributed by atoms with Crippen LogP contribution in [-0.4, -0.2) is 37.2 Å². The second-order valence-corrected chi connectivity index (χ2v) is 18.4. The summed E-state index contributed by atoms with van der Waals surface area (Å²) in [5.41, 5.74) is 0. The second kappa shape index (κ2) is 58.9. The molecule has 0 saturated heterocycles. The van der Waals surface area contributed by atoms with Crippen molar-refractivity contribution in [2.75, 3.05) is 13.2 Å². The van der Waals surface area contributed by atoms with E-state index in [-0.39, 0.29) is 37.5 Å². The van der Waals surface area contributed by atoms with Crippen LogP contribution in [-0.2, 0) is 28.6 Å². The lowest BCUT2D eigenvalue weighted by atomic mass is 10.1. The van der Waals surface area contributed by atoms with Crippen molar-refractivity contribution in [1.29, 1.82) is 0 Å². The second-order valence-electron chi connectivity index (χ2n) is 18.4. The van der Waals surface area contributed by atoms with E-state index in [2.05, 4.69) is 167 Å². The fourth-order valence-electron chi connectivity index (χ4n) is 7.29. The molecular formula is C66H104O6. The molecule has 0 N–H and O–H groups in total. The molecule has 0 aromatic heterocycles. The maximum Gasteiger partial charge on any atom is 0.306 e. The first kappa shape index (κ1) is 67.3. The minimum absolute atomic E-state index is 0.123. The van der Waals surface area contributed by atoms with Crippen LogP contribution in [0.5, 0.6) is 0 Å². The minimum atomic E-state index is -0.825. The Morgan fingerprint density at radius 3 is 0.875 bits per heavy atom. The highest BCUT2D eigenvalue weighted by Gasteiger charge is 2.19. The Labute approximate surface area is 442 Å². The summed E-state index contributed by atoms with van der Waals surface area (Å²) in [6.07, 6.45) is 84.1. The van der Waals surface area contributed by atoms with Crippen LogP contribution in [0, 0.1) is 0 Å². The summed E-state index contributed by atoms with van der Waals surface area (Å²) in [6.45, 7) is 6.30. The van der Waals surface area contributed by atoms with Gasteiger partial charge in [0.1, 0.15) is 13.2 Å². The third kappa shape index (κ3) is 56.2. The Bertz CT molecular complexity index is 1610. The zero-order valence-electron chi connectivity index (χ0n) is 46.1. The molecule has 0 aliphatic heterocycles. The molecular weight excluding hydrogens is 889 g/mol. The average Bonchev–Trinajstić information content (AvgIpc) is 3.38. The van der Waals surface area contributed by atoms with Crippen LogP contribution in [0.3, 0.4) is 0 Å². The van der Waals surface area contributed by atoms with Crippen molar-refractivity contribution < 1.29 is 28.6 Å². The summed E-state index contributed by atoms with van der Waals surface area (Å²) in [5.74, 6) is -1.02. The van der Waals surface area contributed by atoms with Gasteiger partial charge in [0.2, 0.25) is 0 Å². The maximum absolute atomic E-state index is 12.9. The van der Waals surface area contributed by atoms with Crippen LogP contribution < -0.4 is 0 Å². The smallest absolute Gasteiger partial charge is 0.306 e. The first-order chi connectivity index (χ1) is 35.5. The van der Waals surface area contributed by atoms with Gasteiger partial charge < -0.3 is 14.2 Å². The van der Waals surface area contributed by atoms with Gasteiger partial charge in [-0.1, -0.05) is 218 Å². The summed E-state index contributed by atoms with van der Waals surface area (Å²) in [5, 5.41) is 0. The van der Waals surface area contributed by atoms with E-state index < -0.39 is 6.10 Å². The van der Waals surface area contributed by atoms with Crippen LogP contribution in [0.2, 0.25) is 0 Å². The summed E-state index contributed by atoms with van der Waals surface area (Å²) >= 11 is 0. The molecule has 0 aromatic carbocycles. The molecule has 0 heterocycles. The van der Waals surface area contributed by atoms with E-state index in [4.69, 9.17) is 14.2 Å². The van der Waals surface area contributed by atoms with Crippen molar-refractivity contribution in [1.82, 2.24) is 0 Å². The van der Waals surface area contributed by atoms with Crippen molar-refractivity contribution in [3.63, 3.8) is 0 Å². The SMILES string of the molecule is CC/C=C\C/C=C\C/C=C\C/C=C\C/C=C\C/C=C\CCCCC(=O)OCC(COC(=O)CCCC/C=C\C/C=C\C/C=C\C/C=C\CC)OC(=O)CCCCCCCCC/C=C\C/C=C\CCCCCC. The van der Waals surface area contributed by atoms with Crippen molar-refractivity contribution in [3.8, 4) is 0 Å². The number of allylic oxidation sites excluding steroid dienone is 24. The van der Waals surface area contributed by atoms with Gasteiger partial charge in [-0.2, -0.15) is 0 Å². The van der Waals surface area contributed by atoms with Crippen LogP contribution in [0.15, 0.2) is 146 Å². The highest BCUT2D eigenvalue weighted by atomic mass is 16.6. The fourth-order valence-corrected chi connectivity index (χ4v) is 7.29. The number of rotatable bonds is 50. The lowest BCUT2D eigenvalue weighted by molar-refractivity contribution is -0.167. The number of carbonyl (C=O) groups excluding carboxylic acids is 3. The van der Waals surface area contributed by atoms with E-state index in [0.717, 1.165) is 122 Å². The molecule has 1 unspecified atom stereocenters. The van der Waals surface area contributed by atoms with Gasteiger partial charge in [-0.15, -0.1) is 0 Å². The van der Waals surface area contributed by atoms with E-state index in [1.165, 1.54) is 57.8 Å². The molecule has 0 aliphatic rings. The summed E-state index contributed by atoms with van der Waals surface area (Å²) in [7, 11) is 0.